The van der Waals surface area contributed by atoms with Gasteiger partial charge in [-0.05, 0) is 89.9 Å². The van der Waals surface area contributed by atoms with Gasteiger partial charge < -0.3 is 14.2 Å². The first-order chi connectivity index (χ1) is 31.5. The van der Waals surface area contributed by atoms with Crippen LogP contribution in [0.3, 0.4) is 0 Å². The van der Waals surface area contributed by atoms with Crippen molar-refractivity contribution in [3.05, 3.63) is 60.8 Å². The summed E-state index contributed by atoms with van der Waals surface area (Å²) in [4.78, 5) is 37.9. The van der Waals surface area contributed by atoms with Gasteiger partial charge in [0.15, 0.2) is 6.10 Å². The summed E-state index contributed by atoms with van der Waals surface area (Å²) in [5.74, 6) is -0.902. The number of hydrogen-bond donors (Lipinski definition) is 0. The average Bonchev–Trinajstić information content (AvgIpc) is 3.29. The smallest absolute Gasteiger partial charge is 0.306 e. The average molecular weight is 895 g/mol. The van der Waals surface area contributed by atoms with Crippen molar-refractivity contribution in [2.24, 2.45) is 0 Å². The molecule has 0 radical (unpaired) electrons. The summed E-state index contributed by atoms with van der Waals surface area (Å²) in [5.41, 5.74) is 0. The molecule has 0 amide bonds. The number of carbonyl (C=O) groups is 3. The predicted octanol–water partition coefficient (Wildman–Crippen LogP) is 18.0. The van der Waals surface area contributed by atoms with Crippen molar-refractivity contribution in [1.82, 2.24) is 0 Å². The van der Waals surface area contributed by atoms with E-state index >= 15 is 0 Å². The SMILES string of the molecule is CCCCC/C=C\C/C=C\CCCCCCCC(=O)OC(COC(=O)CCCCCCCCCC)COC(=O)CCCCCCCCCC/C=C\C/C=C\C/C=C\CCCCCCC. The Morgan fingerprint density at radius 3 is 0.906 bits per heavy atom. The number of unbranched alkanes of at least 4 members (excludes halogenated alkanes) is 28. The van der Waals surface area contributed by atoms with E-state index < -0.39 is 6.10 Å². The van der Waals surface area contributed by atoms with Crippen LogP contribution in [0.5, 0.6) is 0 Å². The predicted molar refractivity (Wildman–Crippen MR) is 275 cm³/mol. The quantitative estimate of drug-likeness (QED) is 0.0262. The van der Waals surface area contributed by atoms with E-state index in [9.17, 15) is 14.4 Å². The number of ether oxygens (including phenoxy) is 3. The highest BCUT2D eigenvalue weighted by atomic mass is 16.6. The fourth-order valence-corrected chi connectivity index (χ4v) is 7.60. The molecule has 0 spiro atoms. The Bertz CT molecular complexity index is 1170. The van der Waals surface area contributed by atoms with Crippen LogP contribution in [0.15, 0.2) is 60.8 Å². The molecule has 0 aliphatic rings. The van der Waals surface area contributed by atoms with Gasteiger partial charge in [0.2, 0.25) is 0 Å². The molecule has 0 aliphatic heterocycles. The lowest BCUT2D eigenvalue weighted by molar-refractivity contribution is -0.167. The zero-order chi connectivity index (χ0) is 46.5. The van der Waals surface area contributed by atoms with Crippen LogP contribution in [0, 0.1) is 0 Å². The Kier molecular flexibility index (Phi) is 50.4. The van der Waals surface area contributed by atoms with E-state index in [1.54, 1.807) is 0 Å². The summed E-state index contributed by atoms with van der Waals surface area (Å²) in [6, 6.07) is 0. The summed E-state index contributed by atoms with van der Waals surface area (Å²) < 4.78 is 16.8. The van der Waals surface area contributed by atoms with Crippen LogP contribution in [0.1, 0.15) is 271 Å². The first-order valence-electron chi connectivity index (χ1n) is 27.3. The molecule has 1 unspecified atom stereocenters. The number of esters is 3. The molecular weight excluding hydrogens is 793 g/mol. The first-order valence-corrected chi connectivity index (χ1v) is 27.3. The van der Waals surface area contributed by atoms with Crippen LogP contribution < -0.4 is 0 Å². The highest BCUT2D eigenvalue weighted by molar-refractivity contribution is 5.71. The molecule has 0 rings (SSSR count). The highest BCUT2D eigenvalue weighted by Gasteiger charge is 2.19. The normalized spacial score (nSPS) is 12.5. The van der Waals surface area contributed by atoms with Crippen LogP contribution >= 0.6 is 0 Å². The number of hydrogen-bond acceptors (Lipinski definition) is 6. The molecule has 0 saturated heterocycles. The monoisotopic (exact) mass is 895 g/mol. The maximum Gasteiger partial charge on any atom is 0.306 e. The summed E-state index contributed by atoms with van der Waals surface area (Å²) in [6.07, 6.45) is 65.0. The fourth-order valence-electron chi connectivity index (χ4n) is 7.60. The topological polar surface area (TPSA) is 78.9 Å². The van der Waals surface area contributed by atoms with Crippen LogP contribution in [0.4, 0.5) is 0 Å². The second-order valence-corrected chi connectivity index (χ2v) is 18.1. The van der Waals surface area contributed by atoms with Crippen LogP contribution in [0.25, 0.3) is 0 Å². The zero-order valence-corrected chi connectivity index (χ0v) is 42.3. The van der Waals surface area contributed by atoms with Gasteiger partial charge in [-0.15, -0.1) is 0 Å². The summed E-state index contributed by atoms with van der Waals surface area (Å²) in [6.45, 7) is 6.56. The summed E-state index contributed by atoms with van der Waals surface area (Å²) in [5, 5.41) is 0. The molecule has 1 atom stereocenters. The largest absolute Gasteiger partial charge is 0.462 e. The first kappa shape index (κ1) is 61.1. The minimum Gasteiger partial charge on any atom is -0.462 e. The lowest BCUT2D eigenvalue weighted by atomic mass is 10.1. The lowest BCUT2D eigenvalue weighted by Crippen LogP contribution is -2.30. The number of allylic oxidation sites excluding steroid dienone is 10. The lowest BCUT2D eigenvalue weighted by Gasteiger charge is -2.18. The maximum atomic E-state index is 12.8. The van der Waals surface area contributed by atoms with E-state index in [2.05, 4.69) is 81.5 Å². The van der Waals surface area contributed by atoms with Gasteiger partial charge in [-0.2, -0.15) is 0 Å². The Labute approximate surface area is 396 Å². The second-order valence-electron chi connectivity index (χ2n) is 18.1. The minimum absolute atomic E-state index is 0.0812. The second kappa shape index (κ2) is 52.7. The molecule has 6 nitrogen and oxygen atoms in total. The van der Waals surface area contributed by atoms with E-state index in [1.807, 2.05) is 0 Å². The van der Waals surface area contributed by atoms with Crippen molar-refractivity contribution in [3.8, 4) is 0 Å². The van der Waals surface area contributed by atoms with Crippen molar-refractivity contribution >= 4 is 17.9 Å². The van der Waals surface area contributed by atoms with E-state index in [4.69, 9.17) is 14.2 Å². The van der Waals surface area contributed by atoms with Gasteiger partial charge in [0.1, 0.15) is 13.2 Å². The third kappa shape index (κ3) is 50.1. The van der Waals surface area contributed by atoms with Crippen molar-refractivity contribution in [2.75, 3.05) is 13.2 Å². The molecule has 0 aliphatic carbocycles. The molecule has 370 valence electrons. The number of rotatable bonds is 49. The van der Waals surface area contributed by atoms with Crippen molar-refractivity contribution < 1.29 is 28.6 Å². The molecule has 64 heavy (non-hydrogen) atoms. The van der Waals surface area contributed by atoms with Crippen LogP contribution in [-0.4, -0.2) is 37.2 Å². The molecule has 0 saturated carbocycles. The zero-order valence-electron chi connectivity index (χ0n) is 42.3. The van der Waals surface area contributed by atoms with Crippen molar-refractivity contribution in [3.63, 3.8) is 0 Å². The Hall–Kier alpha value is -2.89. The van der Waals surface area contributed by atoms with Gasteiger partial charge in [0.05, 0.1) is 0 Å². The highest BCUT2D eigenvalue weighted by Crippen LogP contribution is 2.14. The third-order valence-corrected chi connectivity index (χ3v) is 11.7. The van der Waals surface area contributed by atoms with E-state index in [1.165, 1.54) is 128 Å². The third-order valence-electron chi connectivity index (χ3n) is 11.7. The molecular formula is C58H102O6. The van der Waals surface area contributed by atoms with Gasteiger partial charge in [-0.3, -0.25) is 14.4 Å². The molecule has 0 fully saturated rings. The van der Waals surface area contributed by atoms with E-state index in [-0.39, 0.29) is 31.1 Å². The molecule has 0 N–H and O–H groups in total. The Balaban J connectivity index is 4.26. The van der Waals surface area contributed by atoms with Crippen molar-refractivity contribution in [2.45, 2.75) is 277 Å². The van der Waals surface area contributed by atoms with Gasteiger partial charge in [-0.1, -0.05) is 223 Å². The Morgan fingerprint density at radius 2 is 0.562 bits per heavy atom. The standard InChI is InChI=1S/C58H102O6/c1-4-7-10-13-16-19-21-23-25-26-27-28-29-30-31-32-34-35-37-39-42-45-48-51-57(60)63-54-55(53-62-56(59)50-47-44-41-18-15-12-9-6-3)64-58(61)52-49-46-43-40-38-36-33-24-22-20-17-14-11-8-5-2/h17,20-21,23-24,26-27,29-30,33,55H,4-16,18-19,22,25,28,31-32,34-54H2,1-3H3/b20-17-,23-21-,27-26-,30-29-,33-24-. The summed E-state index contributed by atoms with van der Waals surface area (Å²) in [7, 11) is 0. The Morgan fingerprint density at radius 1 is 0.312 bits per heavy atom. The van der Waals surface area contributed by atoms with Crippen LogP contribution in [0.2, 0.25) is 0 Å². The molecule has 0 aromatic carbocycles. The number of carbonyl (C=O) groups excluding carboxylic acids is 3. The maximum absolute atomic E-state index is 12.8. The van der Waals surface area contributed by atoms with Crippen LogP contribution in [-0.2, 0) is 28.6 Å². The molecule has 6 heteroatoms. The van der Waals surface area contributed by atoms with Gasteiger partial charge in [-0.25, -0.2) is 0 Å². The molecule has 0 heterocycles. The molecule has 0 aromatic rings. The minimum atomic E-state index is -0.781. The molecule has 0 bridgehead atoms. The molecule has 0 aromatic heterocycles. The van der Waals surface area contributed by atoms with Gasteiger partial charge in [0, 0.05) is 19.3 Å². The van der Waals surface area contributed by atoms with Gasteiger partial charge >= 0.3 is 17.9 Å². The van der Waals surface area contributed by atoms with Crippen molar-refractivity contribution in [1.29, 1.82) is 0 Å². The van der Waals surface area contributed by atoms with E-state index in [0.717, 1.165) is 103 Å². The van der Waals surface area contributed by atoms with E-state index in [0.29, 0.717) is 19.3 Å². The summed E-state index contributed by atoms with van der Waals surface area (Å²) >= 11 is 0. The van der Waals surface area contributed by atoms with Gasteiger partial charge in [0.25, 0.3) is 0 Å². The fraction of sp³-hybridized carbons (Fsp3) is 0.776.